The summed E-state index contributed by atoms with van der Waals surface area (Å²) in [5.74, 6) is 0.206. The maximum Gasteiger partial charge on any atom is 0.257 e. The first-order valence-electron chi connectivity index (χ1n) is 9.50. The van der Waals surface area contributed by atoms with Crippen LogP contribution in [0.25, 0.3) is 0 Å². The molecule has 0 spiro atoms. The maximum absolute atomic E-state index is 12.8. The van der Waals surface area contributed by atoms with Crippen molar-refractivity contribution in [3.63, 3.8) is 0 Å². The summed E-state index contributed by atoms with van der Waals surface area (Å²) >= 11 is 6.05. The van der Waals surface area contributed by atoms with Gasteiger partial charge in [-0.2, -0.15) is 0 Å². The van der Waals surface area contributed by atoms with Crippen LogP contribution in [-0.2, 0) is 4.74 Å². The number of hydrogen-bond donors (Lipinski definition) is 2. The van der Waals surface area contributed by atoms with Crippen LogP contribution in [0.2, 0.25) is 5.02 Å². The van der Waals surface area contributed by atoms with Crippen LogP contribution in [0.4, 0.5) is 5.69 Å². The van der Waals surface area contributed by atoms with E-state index in [1.807, 2.05) is 51.1 Å². The number of guanidine groups is 1. The van der Waals surface area contributed by atoms with Crippen molar-refractivity contribution in [3.8, 4) is 0 Å². The van der Waals surface area contributed by atoms with Gasteiger partial charge in [-0.05, 0) is 80.6 Å². The number of anilines is 1. The highest BCUT2D eigenvalue weighted by Crippen LogP contribution is 2.20. The Kier molecular flexibility index (Phi) is 6.70. The Morgan fingerprint density at radius 2 is 1.96 bits per heavy atom. The van der Waals surface area contributed by atoms with Gasteiger partial charge in [-0.15, -0.1) is 0 Å². The molecule has 1 fully saturated rings. The SMILES string of the molecule is Cc1ccc(C(=O)NC(=NC[C@H]2CCCO2)Nc2ccc(Cl)cc2C)cc1C. The van der Waals surface area contributed by atoms with Crippen LogP contribution in [0.3, 0.4) is 0 Å². The van der Waals surface area contributed by atoms with Crippen molar-refractivity contribution in [1.29, 1.82) is 0 Å². The van der Waals surface area contributed by atoms with Gasteiger partial charge in [0.25, 0.3) is 5.91 Å². The Labute approximate surface area is 171 Å². The Bertz CT molecular complexity index is 889. The first kappa shape index (κ1) is 20.4. The van der Waals surface area contributed by atoms with Crippen LogP contribution in [-0.4, -0.2) is 31.1 Å². The largest absolute Gasteiger partial charge is 0.376 e. The van der Waals surface area contributed by atoms with Gasteiger partial charge in [0.2, 0.25) is 5.96 Å². The van der Waals surface area contributed by atoms with E-state index < -0.39 is 0 Å². The monoisotopic (exact) mass is 399 g/mol. The summed E-state index contributed by atoms with van der Waals surface area (Å²) in [6.07, 6.45) is 2.14. The van der Waals surface area contributed by atoms with Gasteiger partial charge in [0.1, 0.15) is 0 Å². The average Bonchev–Trinajstić information content (AvgIpc) is 3.17. The number of ether oxygens (including phenoxy) is 1. The van der Waals surface area contributed by atoms with Crippen LogP contribution in [0.1, 0.15) is 39.9 Å². The molecule has 0 radical (unpaired) electrons. The lowest BCUT2D eigenvalue weighted by atomic mass is 10.1. The third-order valence-electron chi connectivity index (χ3n) is 4.92. The molecule has 3 rings (SSSR count). The molecule has 0 bridgehead atoms. The number of halogens is 1. The van der Waals surface area contributed by atoms with Gasteiger partial charge in [0.05, 0.1) is 12.6 Å². The van der Waals surface area contributed by atoms with Crippen molar-refractivity contribution in [2.45, 2.75) is 39.7 Å². The molecule has 28 heavy (non-hydrogen) atoms. The summed E-state index contributed by atoms with van der Waals surface area (Å²) in [4.78, 5) is 17.3. The number of carbonyl (C=O) groups is 1. The number of nitrogens with zero attached hydrogens (tertiary/aromatic N) is 1. The molecule has 1 heterocycles. The van der Waals surface area contributed by atoms with E-state index in [0.717, 1.165) is 41.8 Å². The molecule has 1 aliphatic rings. The number of amides is 1. The summed E-state index contributed by atoms with van der Waals surface area (Å²) in [6, 6.07) is 11.2. The predicted molar refractivity (Wildman–Crippen MR) is 114 cm³/mol. The van der Waals surface area contributed by atoms with E-state index >= 15 is 0 Å². The number of carbonyl (C=O) groups excluding carboxylic acids is 1. The number of nitrogens with one attached hydrogen (secondary N) is 2. The molecular weight excluding hydrogens is 374 g/mol. The molecule has 1 atom stereocenters. The zero-order valence-electron chi connectivity index (χ0n) is 16.5. The second-order valence-electron chi connectivity index (χ2n) is 7.16. The number of aliphatic imine (C=N–C) groups is 1. The van der Waals surface area contributed by atoms with E-state index in [4.69, 9.17) is 16.3 Å². The van der Waals surface area contributed by atoms with E-state index in [-0.39, 0.29) is 12.0 Å². The average molecular weight is 400 g/mol. The maximum atomic E-state index is 12.8. The smallest absolute Gasteiger partial charge is 0.257 e. The second-order valence-corrected chi connectivity index (χ2v) is 7.60. The van der Waals surface area contributed by atoms with Crippen molar-refractivity contribution in [1.82, 2.24) is 5.32 Å². The topological polar surface area (TPSA) is 62.7 Å². The lowest BCUT2D eigenvalue weighted by Crippen LogP contribution is -2.37. The fourth-order valence-corrected chi connectivity index (χ4v) is 3.28. The molecule has 5 nitrogen and oxygen atoms in total. The van der Waals surface area contributed by atoms with Crippen molar-refractivity contribution in [2.75, 3.05) is 18.5 Å². The standard InChI is InChI=1S/C22H26ClN3O2/c1-14-6-7-17(11-15(14)2)21(27)26-22(24-13-19-5-4-10-28-19)25-20-9-8-18(23)12-16(20)3/h6-9,11-12,19H,4-5,10,13H2,1-3H3,(H2,24,25,26,27)/t19-/m1/s1. The molecule has 1 saturated heterocycles. The van der Waals surface area contributed by atoms with Gasteiger partial charge >= 0.3 is 0 Å². The zero-order valence-corrected chi connectivity index (χ0v) is 17.3. The van der Waals surface area contributed by atoms with Crippen LogP contribution >= 0.6 is 11.6 Å². The fourth-order valence-electron chi connectivity index (χ4n) is 3.05. The molecule has 0 saturated carbocycles. The molecular formula is C22H26ClN3O2. The Hall–Kier alpha value is -2.37. The predicted octanol–water partition coefficient (Wildman–Crippen LogP) is 4.64. The number of aryl methyl sites for hydroxylation is 3. The summed E-state index contributed by atoms with van der Waals surface area (Å²) in [6.45, 7) is 7.25. The number of rotatable bonds is 4. The van der Waals surface area contributed by atoms with E-state index in [1.165, 1.54) is 0 Å². The van der Waals surface area contributed by atoms with E-state index in [1.54, 1.807) is 6.07 Å². The zero-order chi connectivity index (χ0) is 20.1. The first-order valence-corrected chi connectivity index (χ1v) is 9.88. The van der Waals surface area contributed by atoms with Crippen molar-refractivity contribution in [3.05, 3.63) is 63.7 Å². The molecule has 148 valence electrons. The Balaban J connectivity index is 1.79. The van der Waals surface area contributed by atoms with Gasteiger partial charge in [-0.25, -0.2) is 4.99 Å². The van der Waals surface area contributed by atoms with Crippen LogP contribution in [0, 0.1) is 20.8 Å². The molecule has 1 amide bonds. The van der Waals surface area contributed by atoms with Gasteiger partial charge in [0, 0.05) is 22.9 Å². The first-order chi connectivity index (χ1) is 13.4. The summed E-state index contributed by atoms with van der Waals surface area (Å²) in [5.41, 5.74) is 4.64. The lowest BCUT2D eigenvalue weighted by Gasteiger charge is -2.15. The molecule has 0 aliphatic carbocycles. The normalized spacial score (nSPS) is 16.9. The van der Waals surface area contributed by atoms with Gasteiger partial charge in [0.15, 0.2) is 0 Å². The third kappa shape index (κ3) is 5.33. The van der Waals surface area contributed by atoms with E-state index in [9.17, 15) is 4.79 Å². The molecule has 0 unspecified atom stereocenters. The highest BCUT2D eigenvalue weighted by molar-refractivity contribution is 6.30. The minimum Gasteiger partial charge on any atom is -0.376 e. The van der Waals surface area contributed by atoms with Gasteiger partial charge < -0.3 is 10.1 Å². The highest BCUT2D eigenvalue weighted by atomic mass is 35.5. The van der Waals surface area contributed by atoms with Crippen LogP contribution < -0.4 is 10.6 Å². The summed E-state index contributed by atoms with van der Waals surface area (Å²) in [7, 11) is 0. The van der Waals surface area contributed by atoms with E-state index in [0.29, 0.717) is 23.1 Å². The third-order valence-corrected chi connectivity index (χ3v) is 5.15. The van der Waals surface area contributed by atoms with Crippen molar-refractivity contribution in [2.24, 2.45) is 4.99 Å². The molecule has 2 aromatic rings. The Morgan fingerprint density at radius 1 is 1.14 bits per heavy atom. The number of benzene rings is 2. The minimum absolute atomic E-state index is 0.0987. The number of hydrogen-bond acceptors (Lipinski definition) is 3. The Morgan fingerprint density at radius 3 is 2.64 bits per heavy atom. The molecule has 2 aromatic carbocycles. The fraction of sp³-hybridized carbons (Fsp3) is 0.364. The van der Waals surface area contributed by atoms with Gasteiger partial charge in [-0.3, -0.25) is 10.1 Å². The van der Waals surface area contributed by atoms with Crippen LogP contribution in [0.5, 0.6) is 0 Å². The van der Waals surface area contributed by atoms with Crippen LogP contribution in [0.15, 0.2) is 41.4 Å². The molecule has 6 heteroatoms. The minimum atomic E-state index is -0.201. The molecule has 1 aliphatic heterocycles. The summed E-state index contributed by atoms with van der Waals surface area (Å²) < 4.78 is 5.65. The van der Waals surface area contributed by atoms with Gasteiger partial charge in [-0.1, -0.05) is 17.7 Å². The highest BCUT2D eigenvalue weighted by Gasteiger charge is 2.16. The van der Waals surface area contributed by atoms with E-state index in [2.05, 4.69) is 15.6 Å². The summed E-state index contributed by atoms with van der Waals surface area (Å²) in [5, 5.41) is 6.80. The molecule has 2 N–H and O–H groups in total. The molecule has 0 aromatic heterocycles. The lowest BCUT2D eigenvalue weighted by molar-refractivity contribution is 0.0975. The quantitative estimate of drug-likeness (QED) is 0.581. The van der Waals surface area contributed by atoms with Crippen molar-refractivity contribution >= 4 is 29.2 Å². The van der Waals surface area contributed by atoms with Crippen molar-refractivity contribution < 1.29 is 9.53 Å². The second kappa shape index (κ2) is 9.22.